The first-order valence-corrected chi connectivity index (χ1v) is 7.99. The molecule has 116 valence electrons. The molecule has 0 spiro atoms. The number of benzene rings is 1. The molecule has 0 amide bonds. The van der Waals surface area contributed by atoms with E-state index in [1.165, 1.54) is 18.4 Å². The van der Waals surface area contributed by atoms with E-state index in [0.717, 1.165) is 11.1 Å². The van der Waals surface area contributed by atoms with Crippen LogP contribution in [0.2, 0.25) is 10.0 Å². The maximum Gasteiger partial charge on any atom is 0.350 e. The lowest BCUT2D eigenvalue weighted by molar-refractivity contribution is 0.0607. The Morgan fingerprint density at radius 1 is 1.36 bits per heavy atom. The van der Waals surface area contributed by atoms with E-state index in [0.29, 0.717) is 26.3 Å². The van der Waals surface area contributed by atoms with E-state index >= 15 is 0 Å². The highest BCUT2D eigenvalue weighted by molar-refractivity contribution is 7.12. The maximum atomic E-state index is 11.7. The Hall–Kier alpha value is -1.56. The molecule has 0 unspecified atom stereocenters. The third-order valence-electron chi connectivity index (χ3n) is 3.00. The smallest absolute Gasteiger partial charge is 0.350 e. The van der Waals surface area contributed by atoms with Crippen molar-refractivity contribution < 1.29 is 9.53 Å². The van der Waals surface area contributed by atoms with Gasteiger partial charge in [-0.1, -0.05) is 29.3 Å². The summed E-state index contributed by atoms with van der Waals surface area (Å²) >= 11 is 13.3. The number of hydrogen-bond acceptors (Lipinski definition) is 5. The summed E-state index contributed by atoms with van der Waals surface area (Å²) < 4.78 is 4.76. The monoisotopic (exact) mass is 356 g/mol. The molecule has 1 aromatic carbocycles. The van der Waals surface area contributed by atoms with Crippen LogP contribution < -0.4 is 5.43 Å². The molecule has 2 rings (SSSR count). The predicted octanol–water partition coefficient (Wildman–Crippen LogP) is 4.99. The van der Waals surface area contributed by atoms with Gasteiger partial charge in [0.15, 0.2) is 0 Å². The molecule has 0 aliphatic rings. The molecule has 0 fully saturated rings. The van der Waals surface area contributed by atoms with Crippen molar-refractivity contribution in [3.05, 3.63) is 49.6 Å². The van der Waals surface area contributed by atoms with Crippen molar-refractivity contribution in [2.45, 2.75) is 13.8 Å². The van der Waals surface area contributed by atoms with E-state index in [1.54, 1.807) is 18.2 Å². The van der Waals surface area contributed by atoms with E-state index in [4.69, 9.17) is 27.9 Å². The third-order valence-corrected chi connectivity index (χ3v) is 4.63. The molecule has 0 saturated carbocycles. The van der Waals surface area contributed by atoms with Gasteiger partial charge < -0.3 is 4.74 Å². The van der Waals surface area contributed by atoms with Gasteiger partial charge in [0.2, 0.25) is 0 Å². The van der Waals surface area contributed by atoms with Gasteiger partial charge in [-0.3, -0.25) is 5.43 Å². The number of nitrogens with zero attached hydrogens (tertiary/aromatic N) is 1. The highest BCUT2D eigenvalue weighted by Crippen LogP contribution is 2.28. The van der Waals surface area contributed by atoms with E-state index in [1.807, 2.05) is 19.2 Å². The van der Waals surface area contributed by atoms with Crippen molar-refractivity contribution in [3.8, 4) is 0 Å². The van der Waals surface area contributed by atoms with Gasteiger partial charge in [0, 0.05) is 10.6 Å². The number of anilines is 1. The summed E-state index contributed by atoms with van der Waals surface area (Å²) in [7, 11) is 1.35. The van der Waals surface area contributed by atoms with Crippen LogP contribution in [-0.4, -0.2) is 18.8 Å². The molecule has 1 heterocycles. The lowest BCUT2D eigenvalue weighted by atomic mass is 10.1. The van der Waals surface area contributed by atoms with Gasteiger partial charge in [0.05, 0.1) is 23.5 Å². The molecular weight excluding hydrogens is 343 g/mol. The largest absolute Gasteiger partial charge is 0.465 e. The van der Waals surface area contributed by atoms with Crippen molar-refractivity contribution >= 4 is 51.9 Å². The molecule has 2 aromatic rings. The second-order valence-electron chi connectivity index (χ2n) is 4.55. The number of thiophene rings is 1. The van der Waals surface area contributed by atoms with Gasteiger partial charge in [-0.15, -0.1) is 11.3 Å². The molecular formula is C15H14Cl2N2O2S. The Balaban J connectivity index is 2.28. The molecule has 22 heavy (non-hydrogen) atoms. The van der Waals surface area contributed by atoms with Crippen molar-refractivity contribution in [1.82, 2.24) is 0 Å². The van der Waals surface area contributed by atoms with E-state index in [2.05, 4.69) is 10.5 Å². The topological polar surface area (TPSA) is 50.7 Å². The fourth-order valence-corrected chi connectivity index (χ4v) is 3.27. The van der Waals surface area contributed by atoms with Crippen molar-refractivity contribution in [3.63, 3.8) is 0 Å². The van der Waals surface area contributed by atoms with Gasteiger partial charge in [0.1, 0.15) is 4.88 Å². The summed E-state index contributed by atoms with van der Waals surface area (Å²) in [6.45, 7) is 3.72. The lowest BCUT2D eigenvalue weighted by Gasteiger charge is -2.07. The SMILES string of the molecule is COC(=O)c1scc(C)c1N/N=C(/C)c1ccc(Cl)cc1Cl. The number of carbonyl (C=O) groups is 1. The highest BCUT2D eigenvalue weighted by Gasteiger charge is 2.16. The van der Waals surface area contributed by atoms with Gasteiger partial charge in [-0.25, -0.2) is 4.79 Å². The Kier molecular flexibility index (Phi) is 5.45. The molecule has 7 heteroatoms. The normalized spacial score (nSPS) is 11.4. The molecule has 1 aromatic heterocycles. The molecule has 0 bridgehead atoms. The average molecular weight is 357 g/mol. The average Bonchev–Trinajstić information content (AvgIpc) is 2.85. The number of nitrogens with one attached hydrogen (secondary N) is 1. The Bertz CT molecular complexity index is 741. The first-order valence-electron chi connectivity index (χ1n) is 6.36. The quantitative estimate of drug-likeness (QED) is 0.477. The molecule has 0 atom stereocenters. The number of aryl methyl sites for hydroxylation is 1. The summed E-state index contributed by atoms with van der Waals surface area (Å²) in [5.74, 6) is -0.391. The number of hydrogen-bond donors (Lipinski definition) is 1. The number of hydrazone groups is 1. The zero-order valence-corrected chi connectivity index (χ0v) is 14.6. The van der Waals surface area contributed by atoms with Crippen LogP contribution in [0.5, 0.6) is 0 Å². The summed E-state index contributed by atoms with van der Waals surface area (Å²) in [4.78, 5) is 12.2. The Morgan fingerprint density at radius 2 is 2.09 bits per heavy atom. The van der Waals surface area contributed by atoms with Crippen LogP contribution in [-0.2, 0) is 4.74 Å². The van der Waals surface area contributed by atoms with Crippen LogP contribution >= 0.6 is 34.5 Å². The van der Waals surface area contributed by atoms with Crippen LogP contribution in [0.25, 0.3) is 0 Å². The molecule has 0 aliphatic heterocycles. The van der Waals surface area contributed by atoms with E-state index < -0.39 is 5.97 Å². The van der Waals surface area contributed by atoms with Crippen LogP contribution in [0.4, 0.5) is 5.69 Å². The minimum atomic E-state index is -0.391. The van der Waals surface area contributed by atoms with Crippen LogP contribution in [0, 0.1) is 6.92 Å². The van der Waals surface area contributed by atoms with Gasteiger partial charge >= 0.3 is 5.97 Å². The summed E-state index contributed by atoms with van der Waals surface area (Å²) in [5.41, 5.74) is 5.94. The summed E-state index contributed by atoms with van der Waals surface area (Å²) in [6.07, 6.45) is 0. The summed E-state index contributed by atoms with van der Waals surface area (Å²) in [5, 5.41) is 7.26. The number of carbonyl (C=O) groups excluding carboxylic acids is 1. The molecule has 4 nitrogen and oxygen atoms in total. The molecule has 0 aliphatic carbocycles. The zero-order valence-electron chi connectivity index (χ0n) is 12.2. The number of esters is 1. The Labute approximate surface area is 142 Å². The van der Waals surface area contributed by atoms with Crippen LogP contribution in [0.15, 0.2) is 28.7 Å². The van der Waals surface area contributed by atoms with Crippen molar-refractivity contribution in [2.24, 2.45) is 5.10 Å². The van der Waals surface area contributed by atoms with E-state index in [9.17, 15) is 4.79 Å². The highest BCUT2D eigenvalue weighted by atomic mass is 35.5. The van der Waals surface area contributed by atoms with Gasteiger partial charge in [-0.05, 0) is 36.9 Å². The zero-order chi connectivity index (χ0) is 16.3. The second kappa shape index (κ2) is 7.13. The number of halogens is 2. The summed E-state index contributed by atoms with van der Waals surface area (Å²) in [6, 6.07) is 5.21. The molecule has 1 N–H and O–H groups in total. The second-order valence-corrected chi connectivity index (χ2v) is 6.27. The standard InChI is InChI=1S/C15H14Cl2N2O2S/c1-8-7-22-14(15(20)21-3)13(8)19-18-9(2)11-5-4-10(16)6-12(11)17/h4-7,19H,1-3H3/b18-9-. The maximum absolute atomic E-state index is 11.7. The third kappa shape index (κ3) is 3.61. The lowest BCUT2D eigenvalue weighted by Crippen LogP contribution is -2.05. The van der Waals surface area contributed by atoms with Crippen molar-refractivity contribution in [1.29, 1.82) is 0 Å². The minimum Gasteiger partial charge on any atom is -0.465 e. The predicted molar refractivity (Wildman–Crippen MR) is 92.7 cm³/mol. The minimum absolute atomic E-state index is 0.391. The van der Waals surface area contributed by atoms with Gasteiger partial charge in [0.25, 0.3) is 0 Å². The Morgan fingerprint density at radius 3 is 2.73 bits per heavy atom. The van der Waals surface area contributed by atoms with Crippen LogP contribution in [0.1, 0.15) is 27.7 Å². The number of methoxy groups -OCH3 is 1. The van der Waals surface area contributed by atoms with Crippen molar-refractivity contribution in [2.75, 3.05) is 12.5 Å². The first-order chi connectivity index (χ1) is 10.4. The van der Waals surface area contributed by atoms with Crippen LogP contribution in [0.3, 0.4) is 0 Å². The fourth-order valence-electron chi connectivity index (χ4n) is 1.81. The molecule has 0 saturated heterocycles. The van der Waals surface area contributed by atoms with E-state index in [-0.39, 0.29) is 0 Å². The first kappa shape index (κ1) is 16.8. The molecule has 0 radical (unpaired) electrons. The number of rotatable bonds is 4. The van der Waals surface area contributed by atoms with Gasteiger partial charge in [-0.2, -0.15) is 5.10 Å². The fraction of sp³-hybridized carbons (Fsp3) is 0.200. The number of ether oxygens (including phenoxy) is 1.